The molecule has 9 aromatic carbocycles. The standard InChI is InChI=1S/C74H86N2/c1-68(2,3)48-27-34-63-59(42-48)60-43-49(69(4,5)6)28-35-64(60)76(63)62-33-25-46-22-29-57-61(32-24-45-23-30-58(62)67(46)66(45)57)75(55-40-53(73(16,17)18)39-54(41-55)74(19,20)21)65-44-50(70(7,8)9)26-31-56(65)47-36-51(71(10,11)12)38-52(37-47)72(13,14)15/h22-44H,1-21H3. The lowest BCUT2D eigenvalue weighted by molar-refractivity contribution is 0.568. The fourth-order valence-corrected chi connectivity index (χ4v) is 11.5. The monoisotopic (exact) mass is 1000 g/mol. The van der Waals surface area contributed by atoms with Crippen LogP contribution in [0.4, 0.5) is 17.1 Å². The Balaban J connectivity index is 1.33. The minimum absolute atomic E-state index is 0.0197. The fourth-order valence-electron chi connectivity index (χ4n) is 11.5. The number of nitrogens with zero attached hydrogens (tertiary/aromatic N) is 2. The van der Waals surface area contributed by atoms with E-state index in [9.17, 15) is 0 Å². The highest BCUT2D eigenvalue weighted by Crippen LogP contribution is 2.51. The minimum atomic E-state index is -0.0961. The van der Waals surface area contributed by atoms with Gasteiger partial charge in [-0.05, 0) is 159 Å². The van der Waals surface area contributed by atoms with Gasteiger partial charge in [-0.1, -0.05) is 230 Å². The van der Waals surface area contributed by atoms with E-state index in [1.807, 2.05) is 0 Å². The Morgan fingerprint density at radius 3 is 1.13 bits per heavy atom. The third-order valence-corrected chi connectivity index (χ3v) is 16.6. The summed E-state index contributed by atoms with van der Waals surface area (Å²) < 4.78 is 2.55. The molecule has 76 heavy (non-hydrogen) atoms. The Morgan fingerprint density at radius 1 is 0.289 bits per heavy atom. The molecular weight excluding hydrogens is 917 g/mol. The molecule has 0 fully saturated rings. The van der Waals surface area contributed by atoms with Crippen LogP contribution in [0, 0.1) is 0 Å². The summed E-state index contributed by atoms with van der Waals surface area (Å²) >= 11 is 0. The lowest BCUT2D eigenvalue weighted by Crippen LogP contribution is -2.20. The number of benzene rings is 9. The molecule has 10 rings (SSSR count). The van der Waals surface area contributed by atoms with E-state index in [4.69, 9.17) is 0 Å². The highest BCUT2D eigenvalue weighted by molar-refractivity contribution is 6.27. The van der Waals surface area contributed by atoms with Gasteiger partial charge >= 0.3 is 0 Å². The molecule has 0 atom stereocenters. The number of hydrogen-bond acceptors (Lipinski definition) is 1. The molecule has 0 aliphatic rings. The summed E-state index contributed by atoms with van der Waals surface area (Å²) in [4.78, 5) is 2.65. The number of fused-ring (bicyclic) bond motifs is 3. The summed E-state index contributed by atoms with van der Waals surface area (Å²) in [5.41, 5.74) is 18.7. The summed E-state index contributed by atoms with van der Waals surface area (Å²) in [5.74, 6) is 0. The molecule has 0 spiro atoms. The van der Waals surface area contributed by atoms with Crippen molar-refractivity contribution in [3.8, 4) is 16.8 Å². The molecule has 2 heteroatoms. The first-order valence-electron chi connectivity index (χ1n) is 28.2. The average molecular weight is 1000 g/mol. The van der Waals surface area contributed by atoms with Crippen LogP contribution in [0.25, 0.3) is 70.9 Å². The second kappa shape index (κ2) is 17.6. The number of aromatic nitrogens is 1. The third-order valence-electron chi connectivity index (χ3n) is 16.6. The van der Waals surface area contributed by atoms with Crippen molar-refractivity contribution in [3.05, 3.63) is 178 Å². The predicted octanol–water partition coefficient (Wildman–Crippen LogP) is 21.9. The van der Waals surface area contributed by atoms with Crippen molar-refractivity contribution in [2.75, 3.05) is 4.90 Å². The van der Waals surface area contributed by atoms with Crippen molar-refractivity contribution in [3.63, 3.8) is 0 Å². The average Bonchev–Trinajstić information content (AvgIpc) is 3.66. The van der Waals surface area contributed by atoms with Gasteiger partial charge in [0.15, 0.2) is 0 Å². The molecule has 1 aromatic heterocycles. The normalized spacial score (nSPS) is 13.6. The molecule has 0 aliphatic heterocycles. The predicted molar refractivity (Wildman–Crippen MR) is 336 cm³/mol. The molecule has 392 valence electrons. The van der Waals surface area contributed by atoms with Crippen LogP contribution in [-0.4, -0.2) is 4.57 Å². The SMILES string of the molecule is CC(C)(C)c1cc(-c2ccc(C(C)(C)C)cc2N(c2cc(C(C)(C)C)cc(C(C)(C)C)c2)c2ccc3ccc4c(-n5c6ccc(C(C)(C)C)cc6c6cc(C(C)(C)C)ccc65)ccc5ccc2c3c54)cc(C(C)(C)C)c1. The molecule has 0 unspecified atom stereocenters. The quantitative estimate of drug-likeness (QED) is 0.156. The first-order valence-corrected chi connectivity index (χ1v) is 28.2. The Bertz CT molecular complexity index is 3760. The fraction of sp³-hybridized carbons (Fsp3) is 0.378. The largest absolute Gasteiger partial charge is 0.309 e. The van der Waals surface area contributed by atoms with E-state index in [1.54, 1.807) is 0 Å². The Kier molecular flexibility index (Phi) is 12.3. The summed E-state index contributed by atoms with van der Waals surface area (Å²) in [5, 5.41) is 10.2. The smallest absolute Gasteiger partial charge is 0.0543 e. The van der Waals surface area contributed by atoms with Crippen molar-refractivity contribution >= 4 is 71.2 Å². The molecule has 0 N–H and O–H groups in total. The summed E-state index contributed by atoms with van der Waals surface area (Å²) in [7, 11) is 0. The van der Waals surface area contributed by atoms with Crippen LogP contribution < -0.4 is 4.90 Å². The van der Waals surface area contributed by atoms with Crippen molar-refractivity contribution in [1.82, 2.24) is 4.57 Å². The lowest BCUT2D eigenvalue weighted by Gasteiger charge is -2.34. The number of hydrogen-bond donors (Lipinski definition) is 0. The molecule has 0 radical (unpaired) electrons. The Labute approximate surface area is 456 Å². The third kappa shape index (κ3) is 9.41. The number of rotatable bonds is 5. The first-order chi connectivity index (χ1) is 35.1. The van der Waals surface area contributed by atoms with Crippen LogP contribution >= 0.6 is 0 Å². The second-order valence-corrected chi connectivity index (χ2v) is 29.8. The highest BCUT2D eigenvalue weighted by atomic mass is 15.1. The van der Waals surface area contributed by atoms with Gasteiger partial charge in [-0.3, -0.25) is 0 Å². The molecule has 0 bridgehead atoms. The minimum Gasteiger partial charge on any atom is -0.309 e. The van der Waals surface area contributed by atoms with E-state index >= 15 is 0 Å². The molecule has 10 aromatic rings. The van der Waals surface area contributed by atoms with Crippen LogP contribution in [-0.2, 0) is 37.9 Å². The van der Waals surface area contributed by atoms with Crippen LogP contribution in [0.3, 0.4) is 0 Å². The molecule has 0 aliphatic carbocycles. The van der Waals surface area contributed by atoms with Crippen LogP contribution in [0.2, 0.25) is 0 Å². The zero-order chi connectivity index (χ0) is 55.2. The second-order valence-electron chi connectivity index (χ2n) is 29.8. The van der Waals surface area contributed by atoms with Gasteiger partial charge in [0.1, 0.15) is 0 Å². The van der Waals surface area contributed by atoms with Crippen LogP contribution in [0.5, 0.6) is 0 Å². The zero-order valence-corrected chi connectivity index (χ0v) is 50.2. The molecular formula is C74H86N2. The summed E-state index contributed by atoms with van der Waals surface area (Å²) in [6, 6.07) is 55.7. The van der Waals surface area contributed by atoms with Gasteiger partial charge in [-0.25, -0.2) is 0 Å². The molecule has 0 saturated heterocycles. The van der Waals surface area contributed by atoms with E-state index in [2.05, 4.69) is 294 Å². The van der Waals surface area contributed by atoms with E-state index in [0.717, 1.165) is 0 Å². The van der Waals surface area contributed by atoms with Crippen molar-refractivity contribution in [2.24, 2.45) is 0 Å². The van der Waals surface area contributed by atoms with E-state index in [-0.39, 0.29) is 37.9 Å². The molecule has 2 nitrogen and oxygen atoms in total. The van der Waals surface area contributed by atoms with Crippen molar-refractivity contribution < 1.29 is 0 Å². The zero-order valence-electron chi connectivity index (χ0n) is 50.2. The van der Waals surface area contributed by atoms with E-state index in [0.29, 0.717) is 0 Å². The van der Waals surface area contributed by atoms with Crippen molar-refractivity contribution in [2.45, 2.75) is 183 Å². The molecule has 0 saturated carbocycles. The maximum absolute atomic E-state index is 2.65. The van der Waals surface area contributed by atoms with E-state index in [1.165, 1.54) is 127 Å². The summed E-state index contributed by atoms with van der Waals surface area (Å²) in [6.45, 7) is 49.3. The van der Waals surface area contributed by atoms with Gasteiger partial charge in [0.25, 0.3) is 0 Å². The lowest BCUT2D eigenvalue weighted by atomic mass is 9.78. The first kappa shape index (κ1) is 53.0. The summed E-state index contributed by atoms with van der Waals surface area (Å²) in [6.07, 6.45) is 0. The van der Waals surface area contributed by atoms with Gasteiger partial charge in [0.05, 0.1) is 28.1 Å². The maximum Gasteiger partial charge on any atom is 0.0543 e. The van der Waals surface area contributed by atoms with Crippen LogP contribution in [0.1, 0.15) is 184 Å². The van der Waals surface area contributed by atoms with Gasteiger partial charge in [-0.2, -0.15) is 0 Å². The highest BCUT2D eigenvalue weighted by Gasteiger charge is 2.30. The van der Waals surface area contributed by atoms with Crippen LogP contribution in [0.15, 0.2) is 140 Å². The van der Waals surface area contributed by atoms with E-state index < -0.39 is 0 Å². The topological polar surface area (TPSA) is 8.17 Å². The molecule has 1 heterocycles. The Hall–Kier alpha value is -6.38. The molecule has 0 amide bonds. The number of anilines is 3. The van der Waals surface area contributed by atoms with Crippen molar-refractivity contribution in [1.29, 1.82) is 0 Å². The maximum atomic E-state index is 2.65. The Morgan fingerprint density at radius 2 is 0.671 bits per heavy atom. The van der Waals surface area contributed by atoms with Gasteiger partial charge in [0.2, 0.25) is 0 Å². The van der Waals surface area contributed by atoms with Gasteiger partial charge < -0.3 is 9.47 Å². The van der Waals surface area contributed by atoms with Gasteiger partial charge in [0, 0.05) is 32.8 Å². The van der Waals surface area contributed by atoms with Gasteiger partial charge in [-0.15, -0.1) is 0 Å².